The van der Waals surface area contributed by atoms with Crippen molar-refractivity contribution in [2.75, 3.05) is 26.2 Å². The van der Waals surface area contributed by atoms with Gasteiger partial charge in [-0.3, -0.25) is 9.69 Å². The molecule has 130 valence electrons. The van der Waals surface area contributed by atoms with Gasteiger partial charge in [0.15, 0.2) is 0 Å². The predicted octanol–water partition coefficient (Wildman–Crippen LogP) is 2.62. The van der Waals surface area contributed by atoms with Crippen LogP contribution >= 0.6 is 24.8 Å². The van der Waals surface area contributed by atoms with Crippen LogP contribution < -0.4 is 5.73 Å². The predicted molar refractivity (Wildman–Crippen MR) is 98.3 cm³/mol. The fraction of sp³-hybridized carbons (Fsp3) is 0.588. The van der Waals surface area contributed by atoms with Crippen LogP contribution in [0.25, 0.3) is 0 Å². The zero-order valence-electron chi connectivity index (χ0n) is 13.4. The Kier molecular flexibility index (Phi) is 8.34. The maximum absolute atomic E-state index is 12.5. The minimum Gasteiger partial charge on any atom is -0.338 e. The fourth-order valence-corrected chi connectivity index (χ4v) is 3.58. The smallest absolute Gasteiger partial charge is 0.244 e. The van der Waals surface area contributed by atoms with Crippen LogP contribution in [-0.4, -0.2) is 47.9 Å². The van der Waals surface area contributed by atoms with Crippen molar-refractivity contribution in [2.45, 2.75) is 37.8 Å². The molecule has 0 radical (unpaired) electrons. The Labute approximate surface area is 151 Å². The number of rotatable bonds is 3. The Balaban J connectivity index is 0.00000132. The molecule has 6 heteroatoms. The van der Waals surface area contributed by atoms with Gasteiger partial charge in [-0.2, -0.15) is 0 Å². The standard InChI is InChI=1S/C17H25N3O.2ClH/c18-16(14-6-2-1-3-7-14)17(21)20-12-10-19(11-13-20)15-8-4-5-9-15;;/h1-3,6-7,15-16H,4-5,8-13,18H2;2*1H. The zero-order chi connectivity index (χ0) is 14.7. The van der Waals surface area contributed by atoms with Crippen LogP contribution in [0.1, 0.15) is 37.3 Å². The quantitative estimate of drug-likeness (QED) is 0.902. The van der Waals surface area contributed by atoms with E-state index in [0.29, 0.717) is 0 Å². The molecule has 0 spiro atoms. The van der Waals surface area contributed by atoms with Crippen molar-refractivity contribution in [1.82, 2.24) is 9.80 Å². The van der Waals surface area contributed by atoms with Gasteiger partial charge in [0.1, 0.15) is 6.04 Å². The Hall–Kier alpha value is -0.810. The highest BCUT2D eigenvalue weighted by Gasteiger charge is 2.29. The SMILES string of the molecule is Cl.Cl.NC(C(=O)N1CCN(C2CCCC2)CC1)c1ccccc1. The fourth-order valence-electron chi connectivity index (χ4n) is 3.58. The van der Waals surface area contributed by atoms with Gasteiger partial charge in [0, 0.05) is 32.2 Å². The molecular formula is C17H27Cl2N3O. The van der Waals surface area contributed by atoms with E-state index in [-0.39, 0.29) is 30.7 Å². The van der Waals surface area contributed by atoms with Gasteiger partial charge in [-0.05, 0) is 18.4 Å². The summed E-state index contributed by atoms with van der Waals surface area (Å²) in [7, 11) is 0. The topological polar surface area (TPSA) is 49.6 Å². The summed E-state index contributed by atoms with van der Waals surface area (Å²) in [6.07, 6.45) is 5.39. The van der Waals surface area contributed by atoms with Crippen molar-refractivity contribution in [3.63, 3.8) is 0 Å². The molecule has 0 aromatic heterocycles. The van der Waals surface area contributed by atoms with Crippen LogP contribution in [0.15, 0.2) is 30.3 Å². The third-order valence-corrected chi connectivity index (χ3v) is 4.89. The molecule has 4 nitrogen and oxygen atoms in total. The molecule has 1 aliphatic carbocycles. The van der Waals surface area contributed by atoms with E-state index in [0.717, 1.165) is 37.8 Å². The van der Waals surface area contributed by atoms with Gasteiger partial charge in [0.2, 0.25) is 5.91 Å². The highest BCUT2D eigenvalue weighted by atomic mass is 35.5. The van der Waals surface area contributed by atoms with Gasteiger partial charge in [-0.1, -0.05) is 43.2 Å². The maximum Gasteiger partial charge on any atom is 0.244 e. The molecule has 3 rings (SSSR count). The number of carbonyl (C=O) groups is 1. The number of amides is 1. The number of piperazine rings is 1. The molecule has 1 saturated heterocycles. The van der Waals surface area contributed by atoms with Crippen molar-refractivity contribution in [3.8, 4) is 0 Å². The first kappa shape index (κ1) is 20.2. The largest absolute Gasteiger partial charge is 0.338 e. The molecule has 1 atom stereocenters. The monoisotopic (exact) mass is 359 g/mol. The second kappa shape index (κ2) is 9.48. The lowest BCUT2D eigenvalue weighted by molar-refractivity contribution is -0.134. The van der Waals surface area contributed by atoms with E-state index in [9.17, 15) is 4.79 Å². The molecule has 1 aromatic rings. The number of hydrogen-bond acceptors (Lipinski definition) is 3. The van der Waals surface area contributed by atoms with Gasteiger partial charge < -0.3 is 10.6 Å². The second-order valence-corrected chi connectivity index (χ2v) is 6.19. The number of benzene rings is 1. The summed E-state index contributed by atoms with van der Waals surface area (Å²) < 4.78 is 0. The molecule has 0 bridgehead atoms. The minimum atomic E-state index is -0.524. The van der Waals surface area contributed by atoms with Crippen molar-refractivity contribution in [1.29, 1.82) is 0 Å². The molecule has 1 amide bonds. The van der Waals surface area contributed by atoms with Gasteiger partial charge in [-0.25, -0.2) is 0 Å². The lowest BCUT2D eigenvalue weighted by atomic mass is 10.1. The van der Waals surface area contributed by atoms with E-state index in [1.165, 1.54) is 25.7 Å². The summed E-state index contributed by atoms with van der Waals surface area (Å²) in [5.41, 5.74) is 7.02. The second-order valence-electron chi connectivity index (χ2n) is 6.19. The van der Waals surface area contributed by atoms with Crippen LogP contribution in [-0.2, 0) is 4.79 Å². The number of carbonyl (C=O) groups excluding carboxylic acids is 1. The average molecular weight is 360 g/mol. The lowest BCUT2D eigenvalue weighted by Gasteiger charge is -2.38. The first-order chi connectivity index (χ1) is 10.3. The van der Waals surface area contributed by atoms with Crippen molar-refractivity contribution in [2.24, 2.45) is 5.73 Å². The maximum atomic E-state index is 12.5. The van der Waals surface area contributed by atoms with Crippen LogP contribution in [0, 0.1) is 0 Å². The van der Waals surface area contributed by atoms with Crippen LogP contribution in [0.5, 0.6) is 0 Å². The zero-order valence-corrected chi connectivity index (χ0v) is 15.0. The molecular weight excluding hydrogens is 333 g/mol. The van der Waals surface area contributed by atoms with Crippen molar-refractivity contribution in [3.05, 3.63) is 35.9 Å². The lowest BCUT2D eigenvalue weighted by Crippen LogP contribution is -2.53. The van der Waals surface area contributed by atoms with Crippen molar-refractivity contribution < 1.29 is 4.79 Å². The van der Waals surface area contributed by atoms with Crippen LogP contribution in [0.3, 0.4) is 0 Å². The third kappa shape index (κ3) is 4.83. The van der Waals surface area contributed by atoms with E-state index in [2.05, 4.69) is 4.90 Å². The Morgan fingerprint density at radius 1 is 1.00 bits per heavy atom. The number of nitrogens with zero attached hydrogens (tertiary/aromatic N) is 2. The highest BCUT2D eigenvalue weighted by molar-refractivity contribution is 5.85. The Morgan fingerprint density at radius 2 is 1.57 bits per heavy atom. The first-order valence-corrected chi connectivity index (χ1v) is 8.09. The molecule has 1 aromatic carbocycles. The van der Waals surface area contributed by atoms with E-state index in [4.69, 9.17) is 5.73 Å². The number of hydrogen-bond donors (Lipinski definition) is 1. The van der Waals surface area contributed by atoms with E-state index in [1.807, 2.05) is 35.2 Å². The normalized spacial score (nSPS) is 20.5. The average Bonchev–Trinajstić information content (AvgIpc) is 3.09. The first-order valence-electron chi connectivity index (χ1n) is 8.09. The van der Waals surface area contributed by atoms with Crippen molar-refractivity contribution >= 4 is 30.7 Å². The summed E-state index contributed by atoms with van der Waals surface area (Å²) in [5.74, 6) is 0.0623. The molecule has 1 unspecified atom stereocenters. The Morgan fingerprint density at radius 3 is 2.13 bits per heavy atom. The summed E-state index contributed by atoms with van der Waals surface area (Å²) in [4.78, 5) is 17.0. The van der Waals surface area contributed by atoms with Crippen LogP contribution in [0.4, 0.5) is 0 Å². The molecule has 1 heterocycles. The third-order valence-electron chi connectivity index (χ3n) is 4.89. The van der Waals surface area contributed by atoms with Gasteiger partial charge in [0.05, 0.1) is 0 Å². The van der Waals surface area contributed by atoms with Gasteiger partial charge in [0.25, 0.3) is 0 Å². The van der Waals surface area contributed by atoms with E-state index in [1.54, 1.807) is 0 Å². The molecule has 2 fully saturated rings. The molecule has 23 heavy (non-hydrogen) atoms. The Bertz CT molecular complexity index is 472. The summed E-state index contributed by atoms with van der Waals surface area (Å²) in [6.45, 7) is 3.63. The summed E-state index contributed by atoms with van der Waals surface area (Å²) >= 11 is 0. The molecule has 1 saturated carbocycles. The highest BCUT2D eigenvalue weighted by Crippen LogP contribution is 2.24. The van der Waals surface area contributed by atoms with Gasteiger partial charge >= 0.3 is 0 Å². The van der Waals surface area contributed by atoms with E-state index < -0.39 is 6.04 Å². The van der Waals surface area contributed by atoms with E-state index >= 15 is 0 Å². The van der Waals surface area contributed by atoms with Gasteiger partial charge in [-0.15, -0.1) is 24.8 Å². The molecule has 1 aliphatic heterocycles. The number of nitrogens with two attached hydrogens (primary N) is 1. The minimum absolute atomic E-state index is 0. The number of halogens is 2. The summed E-state index contributed by atoms with van der Waals surface area (Å²) in [5, 5.41) is 0. The molecule has 2 N–H and O–H groups in total. The summed E-state index contributed by atoms with van der Waals surface area (Å²) in [6, 6.07) is 9.89. The van der Waals surface area contributed by atoms with Crippen LogP contribution in [0.2, 0.25) is 0 Å². The molecule has 2 aliphatic rings.